The van der Waals surface area contributed by atoms with Gasteiger partial charge in [0.15, 0.2) is 0 Å². The minimum Gasteiger partial charge on any atom is -0.349 e. The monoisotopic (exact) mass is 353 g/mol. The van der Waals surface area contributed by atoms with Gasteiger partial charge in [-0.15, -0.1) is 0 Å². The van der Waals surface area contributed by atoms with E-state index in [1.165, 1.54) is 12.4 Å². The van der Waals surface area contributed by atoms with Crippen LogP contribution in [-0.4, -0.2) is 20.9 Å². The van der Waals surface area contributed by atoms with E-state index < -0.39 is 0 Å². The summed E-state index contributed by atoms with van der Waals surface area (Å²) in [6, 6.07) is 13.0. The van der Waals surface area contributed by atoms with Gasteiger partial charge in [0.1, 0.15) is 0 Å². The number of nitrogens with one attached hydrogen (secondary N) is 2. The van der Waals surface area contributed by atoms with Crippen LogP contribution in [0.25, 0.3) is 0 Å². The molecular formula is C18H16ClN5O. The Morgan fingerprint density at radius 3 is 2.40 bits per heavy atom. The normalized spacial score (nSPS) is 10.3. The van der Waals surface area contributed by atoms with E-state index in [4.69, 9.17) is 11.6 Å². The van der Waals surface area contributed by atoms with Crippen molar-refractivity contribution in [2.75, 3.05) is 5.32 Å². The number of hydrogen-bond acceptors (Lipinski definition) is 5. The number of rotatable bonds is 6. The van der Waals surface area contributed by atoms with Gasteiger partial charge in [0.2, 0.25) is 5.95 Å². The van der Waals surface area contributed by atoms with Crippen molar-refractivity contribution in [3.05, 3.63) is 82.9 Å². The quantitative estimate of drug-likeness (QED) is 0.712. The Labute approximate surface area is 150 Å². The van der Waals surface area contributed by atoms with E-state index >= 15 is 0 Å². The van der Waals surface area contributed by atoms with Crippen LogP contribution in [-0.2, 0) is 13.1 Å². The fourth-order valence-electron chi connectivity index (χ4n) is 2.10. The van der Waals surface area contributed by atoms with E-state index in [-0.39, 0.29) is 5.91 Å². The molecule has 6 nitrogen and oxygen atoms in total. The second kappa shape index (κ2) is 8.21. The Bertz CT molecular complexity index is 822. The van der Waals surface area contributed by atoms with Gasteiger partial charge in [0.25, 0.3) is 5.91 Å². The van der Waals surface area contributed by atoms with Gasteiger partial charge in [-0.1, -0.05) is 29.8 Å². The van der Waals surface area contributed by atoms with Gasteiger partial charge >= 0.3 is 0 Å². The van der Waals surface area contributed by atoms with Crippen molar-refractivity contribution in [1.82, 2.24) is 20.3 Å². The van der Waals surface area contributed by atoms with E-state index in [0.29, 0.717) is 29.6 Å². The summed E-state index contributed by atoms with van der Waals surface area (Å²) in [5.74, 6) is 0.214. The topological polar surface area (TPSA) is 79.8 Å². The van der Waals surface area contributed by atoms with Gasteiger partial charge in [-0.05, 0) is 29.8 Å². The second-order valence-electron chi connectivity index (χ2n) is 5.28. The van der Waals surface area contributed by atoms with Crippen LogP contribution in [0.1, 0.15) is 21.6 Å². The van der Waals surface area contributed by atoms with Crippen LogP contribution in [0.15, 0.2) is 61.1 Å². The Balaban J connectivity index is 1.52. The number of benzene rings is 1. The maximum atomic E-state index is 12.1. The lowest BCUT2D eigenvalue weighted by molar-refractivity contribution is 0.0950. The van der Waals surface area contributed by atoms with Crippen molar-refractivity contribution in [2.24, 2.45) is 0 Å². The predicted octanol–water partition coefficient (Wildman–Crippen LogP) is 3.07. The zero-order chi connectivity index (χ0) is 17.5. The van der Waals surface area contributed by atoms with Crippen LogP contribution >= 0.6 is 11.6 Å². The van der Waals surface area contributed by atoms with Crippen LogP contribution in [0, 0.1) is 0 Å². The van der Waals surface area contributed by atoms with Crippen molar-refractivity contribution >= 4 is 23.5 Å². The number of pyridine rings is 1. The van der Waals surface area contributed by atoms with E-state index in [1.807, 2.05) is 30.3 Å². The number of anilines is 1. The number of hydrogen-bond donors (Lipinski definition) is 2. The van der Waals surface area contributed by atoms with Crippen LogP contribution < -0.4 is 10.6 Å². The van der Waals surface area contributed by atoms with Crippen molar-refractivity contribution in [3.8, 4) is 0 Å². The summed E-state index contributed by atoms with van der Waals surface area (Å²) in [5, 5.41) is 6.55. The van der Waals surface area contributed by atoms with Crippen LogP contribution in [0.3, 0.4) is 0 Å². The SMILES string of the molecule is O=C(NCc1ccc(Cl)cc1)c1cnc(NCc2ccccn2)nc1. The van der Waals surface area contributed by atoms with E-state index in [1.54, 1.807) is 18.3 Å². The zero-order valence-electron chi connectivity index (χ0n) is 13.3. The summed E-state index contributed by atoms with van der Waals surface area (Å²) in [6.45, 7) is 0.929. The molecule has 1 aromatic carbocycles. The van der Waals surface area contributed by atoms with Gasteiger partial charge in [-0.2, -0.15) is 0 Å². The molecule has 0 radical (unpaired) electrons. The molecule has 0 spiro atoms. The zero-order valence-corrected chi connectivity index (χ0v) is 14.1. The molecule has 25 heavy (non-hydrogen) atoms. The number of aromatic nitrogens is 3. The molecule has 2 aromatic heterocycles. The molecule has 126 valence electrons. The highest BCUT2D eigenvalue weighted by atomic mass is 35.5. The molecule has 2 N–H and O–H groups in total. The molecule has 0 aliphatic heterocycles. The van der Waals surface area contributed by atoms with Gasteiger partial charge < -0.3 is 10.6 Å². The number of carbonyl (C=O) groups excluding carboxylic acids is 1. The second-order valence-corrected chi connectivity index (χ2v) is 5.72. The molecule has 0 unspecified atom stereocenters. The molecule has 3 aromatic rings. The lowest BCUT2D eigenvalue weighted by Crippen LogP contribution is -2.23. The predicted molar refractivity (Wildman–Crippen MR) is 96.2 cm³/mol. The Morgan fingerprint density at radius 2 is 1.72 bits per heavy atom. The Hall–Kier alpha value is -2.99. The molecule has 0 aliphatic carbocycles. The molecule has 7 heteroatoms. The molecular weight excluding hydrogens is 338 g/mol. The summed E-state index contributed by atoms with van der Waals surface area (Å²) in [4.78, 5) is 24.6. The van der Waals surface area contributed by atoms with Gasteiger partial charge in [-0.3, -0.25) is 9.78 Å². The molecule has 3 rings (SSSR count). The van der Waals surface area contributed by atoms with Crippen LogP contribution in [0.2, 0.25) is 5.02 Å². The molecule has 0 bridgehead atoms. The summed E-state index contributed by atoms with van der Waals surface area (Å²) < 4.78 is 0. The summed E-state index contributed by atoms with van der Waals surface area (Å²) in [5.41, 5.74) is 2.25. The maximum absolute atomic E-state index is 12.1. The third kappa shape index (κ3) is 4.99. The number of carbonyl (C=O) groups is 1. The maximum Gasteiger partial charge on any atom is 0.254 e. The summed E-state index contributed by atoms with van der Waals surface area (Å²) in [7, 11) is 0. The smallest absolute Gasteiger partial charge is 0.254 e. The van der Waals surface area contributed by atoms with Crippen molar-refractivity contribution in [3.63, 3.8) is 0 Å². The third-order valence-corrected chi connectivity index (χ3v) is 3.69. The van der Waals surface area contributed by atoms with Crippen molar-refractivity contribution in [1.29, 1.82) is 0 Å². The van der Waals surface area contributed by atoms with Crippen LogP contribution in [0.4, 0.5) is 5.95 Å². The van der Waals surface area contributed by atoms with E-state index in [0.717, 1.165) is 11.3 Å². The third-order valence-electron chi connectivity index (χ3n) is 3.43. The minimum absolute atomic E-state index is 0.230. The molecule has 0 saturated heterocycles. The minimum atomic E-state index is -0.230. The average Bonchev–Trinajstić information content (AvgIpc) is 2.67. The Morgan fingerprint density at radius 1 is 0.960 bits per heavy atom. The molecule has 0 saturated carbocycles. The number of amides is 1. The first kappa shape index (κ1) is 16.9. The first-order valence-electron chi connectivity index (χ1n) is 7.69. The summed E-state index contributed by atoms with van der Waals surface area (Å²) >= 11 is 5.84. The highest BCUT2D eigenvalue weighted by molar-refractivity contribution is 6.30. The van der Waals surface area contributed by atoms with E-state index in [9.17, 15) is 4.79 Å². The molecule has 0 aliphatic rings. The first-order chi connectivity index (χ1) is 12.2. The molecule has 0 fully saturated rings. The van der Waals surface area contributed by atoms with Gasteiger partial charge in [0, 0.05) is 30.2 Å². The fraction of sp³-hybridized carbons (Fsp3) is 0.111. The summed E-state index contributed by atoms with van der Waals surface area (Å²) in [6.07, 6.45) is 4.71. The first-order valence-corrected chi connectivity index (χ1v) is 8.07. The van der Waals surface area contributed by atoms with Crippen molar-refractivity contribution in [2.45, 2.75) is 13.1 Å². The fourth-order valence-corrected chi connectivity index (χ4v) is 2.22. The lowest BCUT2D eigenvalue weighted by Gasteiger charge is -2.07. The Kier molecular flexibility index (Phi) is 5.53. The van der Waals surface area contributed by atoms with Gasteiger partial charge in [0.05, 0.1) is 17.8 Å². The number of nitrogens with zero attached hydrogens (tertiary/aromatic N) is 3. The molecule has 1 amide bonds. The van der Waals surface area contributed by atoms with E-state index in [2.05, 4.69) is 25.6 Å². The number of halogens is 1. The highest BCUT2D eigenvalue weighted by Gasteiger charge is 2.07. The standard InChI is InChI=1S/C18H16ClN5O/c19-15-6-4-13(5-7-15)9-21-17(25)14-10-22-18(23-11-14)24-12-16-3-1-2-8-20-16/h1-8,10-11H,9,12H2,(H,21,25)(H,22,23,24). The highest BCUT2D eigenvalue weighted by Crippen LogP contribution is 2.09. The average molecular weight is 354 g/mol. The molecule has 2 heterocycles. The lowest BCUT2D eigenvalue weighted by atomic mass is 10.2. The van der Waals surface area contributed by atoms with Gasteiger partial charge in [-0.25, -0.2) is 9.97 Å². The van der Waals surface area contributed by atoms with Crippen molar-refractivity contribution < 1.29 is 4.79 Å². The largest absolute Gasteiger partial charge is 0.349 e. The molecule has 0 atom stereocenters. The van der Waals surface area contributed by atoms with Crippen LogP contribution in [0.5, 0.6) is 0 Å².